The topological polar surface area (TPSA) is 37.3 Å². The lowest BCUT2D eigenvalue weighted by Crippen LogP contribution is -1.92. The summed E-state index contributed by atoms with van der Waals surface area (Å²) in [4.78, 5) is 9.87. The number of halogens is 2. The lowest BCUT2D eigenvalue weighted by molar-refractivity contribution is -0.137. The van der Waals surface area contributed by atoms with Crippen molar-refractivity contribution in [3.8, 4) is 0 Å². The molecule has 0 aliphatic carbocycles. The second-order valence-corrected chi connectivity index (χ2v) is 1.85. The van der Waals surface area contributed by atoms with Crippen LogP contribution < -0.4 is 0 Å². The van der Waals surface area contributed by atoms with Crippen LogP contribution in [0.5, 0.6) is 0 Å². The normalized spacial score (nSPS) is 7.30. The number of carboxylic acid groups (broad SMARTS) is 1. The van der Waals surface area contributed by atoms with E-state index in [1.165, 1.54) is 0 Å². The average Bonchev–Trinajstić information content (AvgIpc) is 1.66. The molecule has 0 aliphatic rings. The highest BCUT2D eigenvalue weighted by atomic mass is 35.5. The summed E-state index contributed by atoms with van der Waals surface area (Å²) in [7, 11) is 0. The van der Waals surface area contributed by atoms with Crippen LogP contribution in [0.3, 0.4) is 0 Å². The summed E-state index contributed by atoms with van der Waals surface area (Å²) >= 11 is 0. The third-order valence-electron chi connectivity index (χ3n) is 0.994. The van der Waals surface area contributed by atoms with Gasteiger partial charge in [-0.05, 0) is 6.42 Å². The van der Waals surface area contributed by atoms with E-state index in [0.717, 1.165) is 19.3 Å². The highest BCUT2D eigenvalue weighted by Crippen LogP contribution is 1.97. The molecule has 0 saturated carbocycles. The standard InChI is InChI=1S/C6H12O2.2ClH/c1-2-3-4-5-6(7)8;;/h2-5H2,1H3,(H,7,8);2*1H. The lowest BCUT2D eigenvalue weighted by Gasteiger charge is -1.89. The second kappa shape index (κ2) is 11.8. The first-order chi connectivity index (χ1) is 3.77. The number of carboxylic acids is 1. The van der Waals surface area contributed by atoms with Crippen molar-refractivity contribution in [3.05, 3.63) is 0 Å². The van der Waals surface area contributed by atoms with Gasteiger partial charge >= 0.3 is 5.97 Å². The molecular weight excluding hydrogens is 175 g/mol. The van der Waals surface area contributed by atoms with Crippen LogP contribution in [0.15, 0.2) is 0 Å². The molecule has 2 nitrogen and oxygen atoms in total. The Labute approximate surface area is 73.8 Å². The Bertz CT molecular complexity index is 76.1. The first-order valence-electron chi connectivity index (χ1n) is 2.99. The van der Waals surface area contributed by atoms with Gasteiger partial charge in [-0.15, -0.1) is 24.8 Å². The fraction of sp³-hybridized carbons (Fsp3) is 0.833. The fourth-order valence-electron chi connectivity index (χ4n) is 0.526. The summed E-state index contributed by atoms with van der Waals surface area (Å²) in [5.41, 5.74) is 0. The van der Waals surface area contributed by atoms with Crippen LogP contribution in [0, 0.1) is 0 Å². The zero-order valence-electron chi connectivity index (χ0n) is 6.00. The third kappa shape index (κ3) is 15.7. The number of rotatable bonds is 4. The van der Waals surface area contributed by atoms with E-state index in [4.69, 9.17) is 5.11 Å². The Morgan fingerprint density at radius 2 is 1.80 bits per heavy atom. The molecular formula is C6H14Cl2O2. The number of carbonyl (C=O) groups is 1. The summed E-state index contributed by atoms with van der Waals surface area (Å²) in [6.45, 7) is 2.06. The van der Waals surface area contributed by atoms with Gasteiger partial charge in [0.15, 0.2) is 0 Å². The molecule has 0 unspecified atom stereocenters. The molecule has 0 amide bonds. The van der Waals surface area contributed by atoms with Gasteiger partial charge in [0.2, 0.25) is 0 Å². The molecule has 0 rings (SSSR count). The molecule has 0 atom stereocenters. The van der Waals surface area contributed by atoms with Crippen molar-refractivity contribution in [2.45, 2.75) is 32.6 Å². The Hall–Kier alpha value is 0.0500. The summed E-state index contributed by atoms with van der Waals surface area (Å²) in [6.07, 6.45) is 3.28. The maximum Gasteiger partial charge on any atom is 0.303 e. The highest BCUT2D eigenvalue weighted by molar-refractivity contribution is 5.85. The SMILES string of the molecule is CCCCCC(=O)O.Cl.Cl. The highest BCUT2D eigenvalue weighted by Gasteiger charge is 1.92. The van der Waals surface area contributed by atoms with Gasteiger partial charge in [0.1, 0.15) is 0 Å². The van der Waals surface area contributed by atoms with Crippen molar-refractivity contribution in [2.75, 3.05) is 0 Å². The number of aliphatic carboxylic acids is 1. The van der Waals surface area contributed by atoms with Gasteiger partial charge in [-0.1, -0.05) is 19.8 Å². The quantitative estimate of drug-likeness (QED) is 0.689. The van der Waals surface area contributed by atoms with Crippen molar-refractivity contribution >= 4 is 30.8 Å². The van der Waals surface area contributed by atoms with Crippen LogP contribution >= 0.6 is 24.8 Å². The van der Waals surface area contributed by atoms with E-state index in [9.17, 15) is 4.79 Å². The van der Waals surface area contributed by atoms with Gasteiger partial charge < -0.3 is 5.11 Å². The number of hydrogen-bond donors (Lipinski definition) is 1. The van der Waals surface area contributed by atoms with E-state index >= 15 is 0 Å². The van der Waals surface area contributed by atoms with Gasteiger partial charge in [-0.2, -0.15) is 0 Å². The molecule has 0 aromatic heterocycles. The van der Waals surface area contributed by atoms with Crippen molar-refractivity contribution in [2.24, 2.45) is 0 Å². The molecule has 0 saturated heterocycles. The Morgan fingerprint density at radius 3 is 2.10 bits per heavy atom. The zero-order valence-corrected chi connectivity index (χ0v) is 7.63. The molecule has 0 spiro atoms. The monoisotopic (exact) mass is 188 g/mol. The van der Waals surface area contributed by atoms with Crippen LogP contribution in [0.4, 0.5) is 0 Å². The predicted molar refractivity (Wildman–Crippen MR) is 46.3 cm³/mol. The average molecular weight is 189 g/mol. The Balaban J connectivity index is -0.000000245. The summed E-state index contributed by atoms with van der Waals surface area (Å²) in [5, 5.41) is 8.14. The molecule has 0 heterocycles. The molecule has 0 aliphatic heterocycles. The molecule has 0 fully saturated rings. The summed E-state index contributed by atoms with van der Waals surface area (Å²) in [6, 6.07) is 0. The largest absolute Gasteiger partial charge is 0.481 e. The predicted octanol–water partition coefficient (Wildman–Crippen LogP) is 2.49. The van der Waals surface area contributed by atoms with Gasteiger partial charge in [0.25, 0.3) is 0 Å². The van der Waals surface area contributed by atoms with Crippen molar-refractivity contribution < 1.29 is 9.90 Å². The van der Waals surface area contributed by atoms with Crippen LogP contribution in [0.1, 0.15) is 32.6 Å². The van der Waals surface area contributed by atoms with E-state index in [0.29, 0.717) is 6.42 Å². The molecule has 0 bridgehead atoms. The van der Waals surface area contributed by atoms with Gasteiger partial charge in [0.05, 0.1) is 0 Å². The van der Waals surface area contributed by atoms with Crippen molar-refractivity contribution in [1.29, 1.82) is 0 Å². The molecule has 0 aromatic carbocycles. The van der Waals surface area contributed by atoms with E-state index in [1.807, 2.05) is 0 Å². The van der Waals surface area contributed by atoms with Crippen LogP contribution in [0.25, 0.3) is 0 Å². The van der Waals surface area contributed by atoms with E-state index < -0.39 is 5.97 Å². The van der Waals surface area contributed by atoms with Crippen LogP contribution in [0.2, 0.25) is 0 Å². The molecule has 0 aromatic rings. The Kier molecular flexibility index (Phi) is 19.5. The first-order valence-corrected chi connectivity index (χ1v) is 2.99. The van der Waals surface area contributed by atoms with Crippen LogP contribution in [-0.4, -0.2) is 11.1 Å². The summed E-state index contributed by atoms with van der Waals surface area (Å²) < 4.78 is 0. The molecule has 64 valence electrons. The molecule has 0 radical (unpaired) electrons. The van der Waals surface area contributed by atoms with Gasteiger partial charge in [0, 0.05) is 6.42 Å². The van der Waals surface area contributed by atoms with Crippen molar-refractivity contribution in [3.63, 3.8) is 0 Å². The fourth-order valence-corrected chi connectivity index (χ4v) is 0.526. The number of hydrogen-bond acceptors (Lipinski definition) is 1. The maximum atomic E-state index is 9.87. The second-order valence-electron chi connectivity index (χ2n) is 1.85. The molecule has 10 heavy (non-hydrogen) atoms. The molecule has 4 heteroatoms. The minimum absolute atomic E-state index is 0. The minimum atomic E-state index is -0.682. The minimum Gasteiger partial charge on any atom is -0.481 e. The third-order valence-corrected chi connectivity index (χ3v) is 0.994. The van der Waals surface area contributed by atoms with Crippen molar-refractivity contribution in [1.82, 2.24) is 0 Å². The van der Waals surface area contributed by atoms with E-state index in [-0.39, 0.29) is 24.8 Å². The first kappa shape index (κ1) is 16.6. The van der Waals surface area contributed by atoms with E-state index in [1.54, 1.807) is 0 Å². The van der Waals surface area contributed by atoms with E-state index in [2.05, 4.69) is 6.92 Å². The van der Waals surface area contributed by atoms with Crippen LogP contribution in [-0.2, 0) is 4.79 Å². The smallest absolute Gasteiger partial charge is 0.303 e. The van der Waals surface area contributed by atoms with Gasteiger partial charge in [-0.25, -0.2) is 0 Å². The Morgan fingerprint density at radius 1 is 1.30 bits per heavy atom. The lowest BCUT2D eigenvalue weighted by atomic mass is 10.2. The number of unbranched alkanes of at least 4 members (excludes halogenated alkanes) is 2. The maximum absolute atomic E-state index is 9.87. The summed E-state index contributed by atoms with van der Waals surface area (Å²) in [5.74, 6) is -0.682. The zero-order chi connectivity index (χ0) is 6.41. The molecule has 1 N–H and O–H groups in total. The van der Waals surface area contributed by atoms with Gasteiger partial charge in [-0.3, -0.25) is 4.79 Å².